The molecule has 0 amide bonds. The van der Waals surface area contributed by atoms with Gasteiger partial charge in [0, 0.05) is 23.2 Å². The molecule has 5 heteroatoms. The first-order valence-electron chi connectivity index (χ1n) is 10.4. The molecular formula is C27H22N2O2S. The van der Waals surface area contributed by atoms with Crippen LogP contribution in [0.4, 0.5) is 5.69 Å². The number of aromatic nitrogens is 1. The first-order chi connectivity index (χ1) is 15.7. The summed E-state index contributed by atoms with van der Waals surface area (Å²) in [5, 5.41) is 3.40. The summed E-state index contributed by atoms with van der Waals surface area (Å²) < 4.78 is 10.7. The van der Waals surface area contributed by atoms with Crippen molar-refractivity contribution >= 4 is 22.9 Å². The molecule has 0 radical (unpaired) electrons. The summed E-state index contributed by atoms with van der Waals surface area (Å²) in [7, 11) is 3.35. The normalized spacial score (nSPS) is 12.2. The molecule has 32 heavy (non-hydrogen) atoms. The van der Waals surface area contributed by atoms with Crippen LogP contribution in [0.1, 0.15) is 5.56 Å². The average Bonchev–Trinajstić information content (AvgIpc) is 2.99. The molecule has 0 fully saturated rings. The van der Waals surface area contributed by atoms with E-state index in [-0.39, 0.29) is 0 Å². The lowest BCUT2D eigenvalue weighted by atomic mass is 9.92. The minimum atomic E-state index is 0.622. The second kappa shape index (κ2) is 8.44. The van der Waals surface area contributed by atoms with Crippen LogP contribution in [-0.2, 0) is 6.42 Å². The Hall–Kier alpha value is -3.70. The van der Waals surface area contributed by atoms with Gasteiger partial charge in [-0.05, 0) is 65.2 Å². The number of ether oxygens (including phenoxy) is 2. The molecule has 0 spiro atoms. The Balaban J connectivity index is 1.77. The smallest absolute Gasteiger partial charge is 0.118 e. The number of thiocarbonyl (C=S) groups is 1. The van der Waals surface area contributed by atoms with Crippen LogP contribution in [0.2, 0.25) is 0 Å². The number of nitrogens with one attached hydrogen (secondary N) is 1. The first-order valence-corrected chi connectivity index (χ1v) is 10.8. The van der Waals surface area contributed by atoms with Crippen molar-refractivity contribution in [3.05, 3.63) is 84.4 Å². The topological polar surface area (TPSA) is 43.4 Å². The van der Waals surface area contributed by atoms with Crippen LogP contribution in [0.15, 0.2) is 78.9 Å². The Bertz CT molecular complexity index is 1300. The maximum Gasteiger partial charge on any atom is 0.118 e. The molecule has 4 aromatic rings. The van der Waals surface area contributed by atoms with Crippen molar-refractivity contribution in [3.63, 3.8) is 0 Å². The average molecular weight is 439 g/mol. The second-order valence-electron chi connectivity index (χ2n) is 7.61. The number of methoxy groups -OCH3 is 2. The SMILES string of the molecule is COc1ccc(-c2cc(-c3ccc(OC)cc3)c3c(n2)-c2ccccc2NC(=S)C3)cc1. The van der Waals surface area contributed by atoms with Crippen LogP contribution in [0.25, 0.3) is 33.6 Å². The number of pyridine rings is 1. The molecule has 3 aromatic carbocycles. The first kappa shape index (κ1) is 20.2. The highest BCUT2D eigenvalue weighted by Gasteiger charge is 2.23. The fraction of sp³-hybridized carbons (Fsp3) is 0.111. The summed E-state index contributed by atoms with van der Waals surface area (Å²) in [5.74, 6) is 1.64. The van der Waals surface area contributed by atoms with Crippen LogP contribution in [-0.4, -0.2) is 24.2 Å². The Morgan fingerprint density at radius 1 is 0.781 bits per heavy atom. The van der Waals surface area contributed by atoms with Crippen LogP contribution < -0.4 is 14.8 Å². The molecule has 2 heterocycles. The highest BCUT2D eigenvalue weighted by Crippen LogP contribution is 2.40. The molecule has 0 atom stereocenters. The number of benzene rings is 3. The molecule has 5 rings (SSSR count). The molecule has 0 saturated carbocycles. The van der Waals surface area contributed by atoms with Gasteiger partial charge >= 0.3 is 0 Å². The van der Waals surface area contributed by atoms with Crippen molar-refractivity contribution in [1.82, 2.24) is 4.98 Å². The molecule has 1 aliphatic heterocycles. The zero-order chi connectivity index (χ0) is 22.1. The van der Waals surface area contributed by atoms with E-state index in [0.717, 1.165) is 61.4 Å². The summed E-state index contributed by atoms with van der Waals surface area (Å²) in [6.45, 7) is 0. The van der Waals surface area contributed by atoms with Crippen LogP contribution in [0.5, 0.6) is 11.5 Å². The Morgan fingerprint density at radius 3 is 2.06 bits per heavy atom. The maximum atomic E-state index is 5.68. The van der Waals surface area contributed by atoms with Crippen molar-refractivity contribution in [2.24, 2.45) is 0 Å². The van der Waals surface area contributed by atoms with Gasteiger partial charge in [0.05, 0.1) is 30.6 Å². The summed E-state index contributed by atoms with van der Waals surface area (Å²) in [6.07, 6.45) is 0.622. The minimum Gasteiger partial charge on any atom is -0.497 e. The number of hydrogen-bond donors (Lipinski definition) is 1. The van der Waals surface area contributed by atoms with Crippen LogP contribution in [0.3, 0.4) is 0 Å². The molecule has 4 nitrogen and oxygen atoms in total. The third kappa shape index (κ3) is 3.72. The number of rotatable bonds is 4. The van der Waals surface area contributed by atoms with Gasteiger partial charge in [0.2, 0.25) is 0 Å². The quantitative estimate of drug-likeness (QED) is 0.374. The lowest BCUT2D eigenvalue weighted by Gasteiger charge is -2.16. The summed E-state index contributed by atoms with van der Waals surface area (Å²) >= 11 is 5.68. The van der Waals surface area contributed by atoms with Gasteiger partial charge < -0.3 is 14.8 Å². The van der Waals surface area contributed by atoms with E-state index in [0.29, 0.717) is 6.42 Å². The van der Waals surface area contributed by atoms with Gasteiger partial charge in [-0.15, -0.1) is 0 Å². The molecule has 1 aromatic heterocycles. The van der Waals surface area contributed by atoms with E-state index in [9.17, 15) is 0 Å². The highest BCUT2D eigenvalue weighted by atomic mass is 32.1. The minimum absolute atomic E-state index is 0.622. The molecule has 1 N–H and O–H groups in total. The molecule has 0 aliphatic carbocycles. The predicted octanol–water partition coefficient (Wildman–Crippen LogP) is 6.40. The number of fused-ring (bicyclic) bond motifs is 3. The fourth-order valence-corrected chi connectivity index (χ4v) is 4.32. The highest BCUT2D eigenvalue weighted by molar-refractivity contribution is 7.80. The van der Waals surface area contributed by atoms with E-state index < -0.39 is 0 Å². The van der Waals surface area contributed by atoms with Crippen molar-refractivity contribution in [2.45, 2.75) is 6.42 Å². The third-order valence-electron chi connectivity index (χ3n) is 5.70. The second-order valence-corrected chi connectivity index (χ2v) is 8.10. The van der Waals surface area contributed by atoms with Gasteiger partial charge in [0.15, 0.2) is 0 Å². The van der Waals surface area contributed by atoms with E-state index in [1.54, 1.807) is 14.2 Å². The van der Waals surface area contributed by atoms with Gasteiger partial charge in [-0.25, -0.2) is 4.98 Å². The van der Waals surface area contributed by atoms with E-state index in [2.05, 4.69) is 29.6 Å². The number of para-hydroxylation sites is 1. The van der Waals surface area contributed by atoms with E-state index in [4.69, 9.17) is 26.7 Å². The molecule has 0 unspecified atom stereocenters. The van der Waals surface area contributed by atoms with E-state index >= 15 is 0 Å². The Morgan fingerprint density at radius 2 is 1.41 bits per heavy atom. The van der Waals surface area contributed by atoms with Gasteiger partial charge in [0.25, 0.3) is 0 Å². The third-order valence-corrected chi connectivity index (χ3v) is 5.95. The van der Waals surface area contributed by atoms with Crippen molar-refractivity contribution < 1.29 is 9.47 Å². The number of hydrogen-bond acceptors (Lipinski definition) is 4. The lowest BCUT2D eigenvalue weighted by Crippen LogP contribution is -2.10. The zero-order valence-electron chi connectivity index (χ0n) is 17.9. The molecular weight excluding hydrogens is 416 g/mol. The standard InChI is InChI=1S/C27H22N2O2S/c1-30-19-11-7-17(8-12-19)22-15-25(18-9-13-20(31-2)14-10-18)29-27-21-5-3-4-6-24(21)28-26(32)16-23(22)27/h3-15H,16H2,1-2H3,(H,28,32). The molecule has 0 bridgehead atoms. The van der Waals surface area contributed by atoms with Crippen LogP contribution >= 0.6 is 12.2 Å². The maximum absolute atomic E-state index is 5.68. The van der Waals surface area contributed by atoms with E-state index in [1.807, 2.05) is 54.6 Å². The van der Waals surface area contributed by atoms with E-state index in [1.165, 1.54) is 0 Å². The predicted molar refractivity (Wildman–Crippen MR) is 134 cm³/mol. The van der Waals surface area contributed by atoms with Gasteiger partial charge in [-0.2, -0.15) is 0 Å². The summed E-state index contributed by atoms with van der Waals surface area (Å²) in [4.78, 5) is 5.91. The van der Waals surface area contributed by atoms with Crippen LogP contribution in [0, 0.1) is 0 Å². The largest absolute Gasteiger partial charge is 0.497 e. The number of anilines is 1. The van der Waals surface area contributed by atoms with Crippen molar-refractivity contribution in [3.8, 4) is 45.1 Å². The number of nitrogens with zero attached hydrogens (tertiary/aromatic N) is 1. The summed E-state index contributed by atoms with van der Waals surface area (Å²) in [6, 6.07) is 26.5. The monoisotopic (exact) mass is 438 g/mol. The zero-order valence-corrected chi connectivity index (χ0v) is 18.7. The van der Waals surface area contributed by atoms with Gasteiger partial charge in [-0.3, -0.25) is 0 Å². The Kier molecular flexibility index (Phi) is 5.33. The molecule has 0 saturated heterocycles. The van der Waals surface area contributed by atoms with Gasteiger partial charge in [0.1, 0.15) is 11.5 Å². The lowest BCUT2D eigenvalue weighted by molar-refractivity contribution is 0.415. The Labute approximate surface area is 192 Å². The van der Waals surface area contributed by atoms with Crippen molar-refractivity contribution in [2.75, 3.05) is 19.5 Å². The summed E-state index contributed by atoms with van der Waals surface area (Å²) in [5.41, 5.74) is 8.25. The fourth-order valence-electron chi connectivity index (χ4n) is 4.06. The van der Waals surface area contributed by atoms with Gasteiger partial charge in [-0.1, -0.05) is 42.5 Å². The molecule has 158 valence electrons. The molecule has 1 aliphatic rings. The van der Waals surface area contributed by atoms with Crippen molar-refractivity contribution in [1.29, 1.82) is 0 Å².